The first kappa shape index (κ1) is 22.5. The Hall–Kier alpha value is -3.71. The highest BCUT2D eigenvalue weighted by Crippen LogP contribution is 2.44. The molecule has 2 aromatic carbocycles. The van der Waals surface area contributed by atoms with Crippen LogP contribution in [0.5, 0.6) is 11.5 Å². The van der Waals surface area contributed by atoms with Crippen molar-refractivity contribution in [2.24, 2.45) is 0 Å². The molecule has 1 unspecified atom stereocenters. The molecule has 7 nitrogen and oxygen atoms in total. The number of ketones is 1. The summed E-state index contributed by atoms with van der Waals surface area (Å²) >= 11 is 6.30. The minimum absolute atomic E-state index is 0.121. The maximum Gasteiger partial charge on any atom is 0.300 e. The number of hydrogen-bond acceptors (Lipinski definition) is 6. The Morgan fingerprint density at radius 1 is 1.18 bits per heavy atom. The number of amides is 1. The van der Waals surface area contributed by atoms with Gasteiger partial charge in [-0.3, -0.25) is 14.5 Å². The van der Waals surface area contributed by atoms with Crippen molar-refractivity contribution in [2.45, 2.75) is 19.9 Å². The third kappa shape index (κ3) is 3.96. The highest BCUT2D eigenvalue weighted by molar-refractivity contribution is 6.51. The van der Waals surface area contributed by atoms with Gasteiger partial charge >= 0.3 is 0 Å². The number of nitrogens with zero attached hydrogens (tertiary/aromatic N) is 1. The number of halogens is 1. The molecule has 0 radical (unpaired) electrons. The fourth-order valence-corrected chi connectivity index (χ4v) is 4.29. The Bertz CT molecular complexity index is 1230. The molecule has 1 N–H and O–H groups in total. The van der Waals surface area contributed by atoms with Crippen LogP contribution in [0.1, 0.15) is 29.9 Å². The molecule has 8 heteroatoms. The third-order valence-electron chi connectivity index (χ3n) is 5.33. The van der Waals surface area contributed by atoms with Gasteiger partial charge in [-0.1, -0.05) is 11.6 Å². The van der Waals surface area contributed by atoms with Crippen LogP contribution in [0.15, 0.2) is 64.8 Å². The Morgan fingerprint density at radius 2 is 1.91 bits per heavy atom. The van der Waals surface area contributed by atoms with Gasteiger partial charge in [-0.25, -0.2) is 0 Å². The Labute approximate surface area is 195 Å². The number of hydrogen-bond donors (Lipinski definition) is 1. The fourth-order valence-electron chi connectivity index (χ4n) is 3.94. The zero-order chi connectivity index (χ0) is 23.7. The largest absolute Gasteiger partial charge is 0.507 e. The van der Waals surface area contributed by atoms with Gasteiger partial charge in [0, 0.05) is 5.69 Å². The molecular formula is C25H22ClNO6. The van der Waals surface area contributed by atoms with E-state index in [0.717, 1.165) is 5.56 Å². The van der Waals surface area contributed by atoms with E-state index in [0.29, 0.717) is 23.8 Å². The molecule has 1 amide bonds. The lowest BCUT2D eigenvalue weighted by atomic mass is 9.97. The molecule has 1 saturated heterocycles. The molecule has 1 aliphatic rings. The molecule has 0 saturated carbocycles. The number of carbonyl (C=O) groups excluding carboxylic acids is 2. The lowest BCUT2D eigenvalue weighted by molar-refractivity contribution is -0.132. The first-order valence-electron chi connectivity index (χ1n) is 10.3. The van der Waals surface area contributed by atoms with Crippen molar-refractivity contribution in [3.05, 3.63) is 82.3 Å². The van der Waals surface area contributed by atoms with Crippen molar-refractivity contribution < 1.29 is 28.6 Å². The fraction of sp³-hybridized carbons (Fsp3) is 0.200. The number of ether oxygens (including phenoxy) is 2. The van der Waals surface area contributed by atoms with E-state index in [4.69, 9.17) is 25.5 Å². The number of carbonyl (C=O) groups is 2. The van der Waals surface area contributed by atoms with Gasteiger partial charge in [-0.2, -0.15) is 0 Å². The van der Waals surface area contributed by atoms with E-state index in [1.165, 1.54) is 18.3 Å². The Kier molecular flexibility index (Phi) is 6.16. The van der Waals surface area contributed by atoms with Crippen molar-refractivity contribution in [1.29, 1.82) is 0 Å². The quantitative estimate of drug-likeness (QED) is 0.301. The highest BCUT2D eigenvalue weighted by atomic mass is 35.5. The molecule has 1 aliphatic heterocycles. The lowest BCUT2D eigenvalue weighted by Gasteiger charge is -2.23. The van der Waals surface area contributed by atoms with Crippen LogP contribution in [-0.4, -0.2) is 30.5 Å². The minimum atomic E-state index is -0.984. The van der Waals surface area contributed by atoms with E-state index in [1.54, 1.807) is 55.5 Å². The maximum atomic E-state index is 13.2. The van der Waals surface area contributed by atoms with Gasteiger partial charge in [0.1, 0.15) is 29.1 Å². The van der Waals surface area contributed by atoms with Crippen LogP contribution < -0.4 is 14.4 Å². The number of aryl methyl sites for hydroxylation is 1. The summed E-state index contributed by atoms with van der Waals surface area (Å²) in [5.74, 6) is -0.882. The van der Waals surface area contributed by atoms with Gasteiger partial charge in [-0.15, -0.1) is 0 Å². The first-order chi connectivity index (χ1) is 15.9. The van der Waals surface area contributed by atoms with Crippen LogP contribution in [0.2, 0.25) is 5.02 Å². The summed E-state index contributed by atoms with van der Waals surface area (Å²) in [5, 5.41) is 11.6. The van der Waals surface area contributed by atoms with E-state index in [-0.39, 0.29) is 21.9 Å². The molecule has 0 spiro atoms. The summed E-state index contributed by atoms with van der Waals surface area (Å²) in [6, 6.07) is 12.4. The standard InChI is InChI=1S/C25H22ClNO6/c1-4-32-16-9-7-15(8-10-16)27-21(19-6-5-11-33-19)20(23(29)25(27)30)22(28)17-12-14(2)13-18(26)24(17)31-3/h5-13,21,28H,4H2,1-3H3/b22-20-. The van der Waals surface area contributed by atoms with Crippen molar-refractivity contribution in [2.75, 3.05) is 18.6 Å². The van der Waals surface area contributed by atoms with Crippen molar-refractivity contribution in [3.8, 4) is 11.5 Å². The van der Waals surface area contributed by atoms with E-state index >= 15 is 0 Å². The number of aliphatic hydroxyl groups excluding tert-OH is 1. The van der Waals surface area contributed by atoms with Crippen LogP contribution in [-0.2, 0) is 9.59 Å². The number of Topliss-reactive ketones (excluding diaryl/α,β-unsaturated/α-hetero) is 1. The van der Waals surface area contributed by atoms with Gasteiger partial charge in [0.15, 0.2) is 0 Å². The Balaban J connectivity index is 1.92. The average molecular weight is 468 g/mol. The number of methoxy groups -OCH3 is 1. The molecule has 0 aliphatic carbocycles. The third-order valence-corrected chi connectivity index (χ3v) is 5.61. The molecule has 1 aromatic heterocycles. The maximum absolute atomic E-state index is 13.2. The molecule has 170 valence electrons. The van der Waals surface area contributed by atoms with Crippen LogP contribution in [0.25, 0.3) is 5.76 Å². The number of furan rings is 1. The SMILES string of the molecule is CCOc1ccc(N2C(=O)C(=O)/C(=C(\O)c3cc(C)cc(Cl)c3OC)C2c2ccco2)cc1. The molecule has 3 aromatic rings. The second-order valence-electron chi connectivity index (χ2n) is 7.44. The summed E-state index contributed by atoms with van der Waals surface area (Å²) in [6.45, 7) is 4.16. The number of rotatable bonds is 6. The van der Waals surface area contributed by atoms with Gasteiger partial charge in [0.05, 0.1) is 36.1 Å². The van der Waals surface area contributed by atoms with Gasteiger partial charge in [0.25, 0.3) is 11.7 Å². The highest BCUT2D eigenvalue weighted by Gasteiger charge is 2.48. The molecular weight excluding hydrogens is 446 g/mol. The molecule has 1 fully saturated rings. The molecule has 1 atom stereocenters. The molecule has 33 heavy (non-hydrogen) atoms. The van der Waals surface area contributed by atoms with Crippen LogP contribution >= 0.6 is 11.6 Å². The predicted molar refractivity (Wildman–Crippen MR) is 124 cm³/mol. The summed E-state index contributed by atoms with van der Waals surface area (Å²) < 4.78 is 16.4. The monoisotopic (exact) mass is 467 g/mol. The van der Waals surface area contributed by atoms with E-state index < -0.39 is 23.5 Å². The van der Waals surface area contributed by atoms with Crippen molar-refractivity contribution >= 4 is 34.7 Å². The van der Waals surface area contributed by atoms with Crippen molar-refractivity contribution in [1.82, 2.24) is 0 Å². The summed E-state index contributed by atoms with van der Waals surface area (Å²) in [6.07, 6.45) is 1.44. The Morgan fingerprint density at radius 3 is 2.52 bits per heavy atom. The van der Waals surface area contributed by atoms with Crippen LogP contribution in [0, 0.1) is 6.92 Å². The molecule has 0 bridgehead atoms. The second kappa shape index (κ2) is 9.03. The van der Waals surface area contributed by atoms with Gasteiger partial charge in [-0.05, 0) is 67.9 Å². The average Bonchev–Trinajstić information content (AvgIpc) is 3.41. The second-order valence-corrected chi connectivity index (χ2v) is 7.85. The zero-order valence-corrected chi connectivity index (χ0v) is 19.1. The van der Waals surface area contributed by atoms with Crippen molar-refractivity contribution in [3.63, 3.8) is 0 Å². The van der Waals surface area contributed by atoms with Crippen LogP contribution in [0.3, 0.4) is 0 Å². The molecule has 2 heterocycles. The lowest BCUT2D eigenvalue weighted by Crippen LogP contribution is -2.29. The number of aliphatic hydroxyl groups is 1. The predicted octanol–water partition coefficient (Wildman–Crippen LogP) is 5.28. The van der Waals surface area contributed by atoms with E-state index in [2.05, 4.69) is 0 Å². The summed E-state index contributed by atoms with van der Waals surface area (Å²) in [5.41, 5.74) is 1.29. The van der Waals surface area contributed by atoms with Gasteiger partial charge in [0.2, 0.25) is 0 Å². The summed E-state index contributed by atoms with van der Waals surface area (Å²) in [7, 11) is 1.41. The smallest absolute Gasteiger partial charge is 0.300 e. The van der Waals surface area contributed by atoms with Crippen LogP contribution in [0.4, 0.5) is 5.69 Å². The first-order valence-corrected chi connectivity index (χ1v) is 10.7. The molecule has 4 rings (SSSR count). The van der Waals surface area contributed by atoms with E-state index in [1.807, 2.05) is 6.92 Å². The number of benzene rings is 2. The number of anilines is 1. The zero-order valence-electron chi connectivity index (χ0n) is 18.3. The minimum Gasteiger partial charge on any atom is -0.507 e. The van der Waals surface area contributed by atoms with E-state index in [9.17, 15) is 14.7 Å². The normalized spacial score (nSPS) is 17.5. The summed E-state index contributed by atoms with van der Waals surface area (Å²) in [4.78, 5) is 27.7. The van der Waals surface area contributed by atoms with Gasteiger partial charge < -0.3 is 19.0 Å². The topological polar surface area (TPSA) is 89.2 Å².